The summed E-state index contributed by atoms with van der Waals surface area (Å²) < 4.78 is 0. The molecule has 2 heterocycles. The van der Waals surface area contributed by atoms with Crippen LogP contribution in [0, 0.1) is 6.92 Å². The molecule has 210 valence electrons. The summed E-state index contributed by atoms with van der Waals surface area (Å²) >= 11 is 0. The van der Waals surface area contributed by atoms with Gasteiger partial charge in [-0.2, -0.15) is 0 Å². The standard InChI is InChI=1S/C33H40N4O3/c1-5-25(18-31(38)39)26-13-16-29(30(17-26)35(4)32(40)34-27-14-11-23(2)12-15-27)37-21-28-19-33(37,3)22-36(28)20-24-9-7-6-8-10-24/h6-17,25,28H,5,18-22H2,1-4H3,(H,34,40)(H,38,39)/t25?,28-,33-/m0/s1. The number of fused-ring (bicyclic) bond motifs is 2. The molecule has 2 N–H and O–H groups in total. The Labute approximate surface area is 237 Å². The first kappa shape index (κ1) is 27.7. The Morgan fingerprint density at radius 3 is 2.45 bits per heavy atom. The number of likely N-dealkylation sites (tertiary alicyclic amines) is 1. The van der Waals surface area contributed by atoms with Crippen LogP contribution in [0.5, 0.6) is 0 Å². The minimum atomic E-state index is -0.814. The SMILES string of the molecule is CCC(CC(=O)O)c1ccc(N2C[C@@H]3C[C@@]2(C)CN3Cc2ccccc2)c(N(C)C(=O)Nc2ccc(C)cc2)c1. The van der Waals surface area contributed by atoms with Crippen molar-refractivity contribution in [3.63, 3.8) is 0 Å². The molecule has 2 amide bonds. The number of nitrogens with one attached hydrogen (secondary N) is 1. The number of amides is 2. The van der Waals surface area contributed by atoms with Crippen LogP contribution in [-0.4, -0.2) is 53.7 Å². The zero-order chi connectivity index (χ0) is 28.4. The van der Waals surface area contributed by atoms with Crippen LogP contribution in [0.25, 0.3) is 0 Å². The number of rotatable bonds is 9. The molecule has 40 heavy (non-hydrogen) atoms. The second-order valence-electron chi connectivity index (χ2n) is 11.7. The Morgan fingerprint density at radius 1 is 1.10 bits per heavy atom. The molecule has 0 aromatic heterocycles. The minimum Gasteiger partial charge on any atom is -0.481 e. The highest BCUT2D eigenvalue weighted by molar-refractivity contribution is 6.03. The maximum absolute atomic E-state index is 13.5. The number of carbonyl (C=O) groups excluding carboxylic acids is 1. The lowest BCUT2D eigenvalue weighted by Gasteiger charge is -2.43. The van der Waals surface area contributed by atoms with Crippen molar-refractivity contribution in [3.05, 3.63) is 89.5 Å². The molecule has 0 saturated carbocycles. The van der Waals surface area contributed by atoms with Gasteiger partial charge >= 0.3 is 12.0 Å². The Bertz CT molecular complexity index is 1360. The van der Waals surface area contributed by atoms with E-state index in [1.807, 2.05) is 44.2 Å². The van der Waals surface area contributed by atoms with Crippen LogP contribution in [0.4, 0.5) is 21.9 Å². The topological polar surface area (TPSA) is 76.1 Å². The number of aliphatic carboxylic acids is 1. The minimum absolute atomic E-state index is 0.0603. The number of benzene rings is 3. The molecule has 0 aliphatic carbocycles. The average Bonchev–Trinajstić information content (AvgIpc) is 3.45. The van der Waals surface area contributed by atoms with Gasteiger partial charge in [0.05, 0.1) is 23.3 Å². The van der Waals surface area contributed by atoms with Crippen LogP contribution >= 0.6 is 0 Å². The van der Waals surface area contributed by atoms with Crippen LogP contribution in [0.3, 0.4) is 0 Å². The van der Waals surface area contributed by atoms with Crippen LogP contribution in [0.2, 0.25) is 0 Å². The molecule has 3 atom stereocenters. The van der Waals surface area contributed by atoms with Gasteiger partial charge in [0.1, 0.15) is 0 Å². The number of carboxylic acids is 1. The smallest absolute Gasteiger partial charge is 0.326 e. The zero-order valence-electron chi connectivity index (χ0n) is 23.9. The highest BCUT2D eigenvalue weighted by Crippen LogP contribution is 2.46. The third-order valence-corrected chi connectivity index (χ3v) is 8.65. The van der Waals surface area contributed by atoms with Crippen molar-refractivity contribution < 1.29 is 14.7 Å². The first-order valence-electron chi connectivity index (χ1n) is 14.2. The van der Waals surface area contributed by atoms with Crippen LogP contribution in [-0.2, 0) is 11.3 Å². The molecule has 2 aliphatic heterocycles. The van der Waals surface area contributed by atoms with Crippen LogP contribution in [0.15, 0.2) is 72.8 Å². The molecule has 1 unspecified atom stereocenters. The molecule has 2 fully saturated rings. The summed E-state index contributed by atoms with van der Waals surface area (Å²) in [6, 6.07) is 24.7. The molecule has 2 saturated heterocycles. The van der Waals surface area contributed by atoms with E-state index in [4.69, 9.17) is 0 Å². The van der Waals surface area contributed by atoms with Crippen molar-refractivity contribution in [1.29, 1.82) is 0 Å². The van der Waals surface area contributed by atoms with E-state index in [1.165, 1.54) is 5.56 Å². The van der Waals surface area contributed by atoms with Gasteiger partial charge in [0.15, 0.2) is 0 Å². The molecule has 0 radical (unpaired) electrons. The number of carboxylic acid groups (broad SMARTS) is 1. The lowest BCUT2D eigenvalue weighted by molar-refractivity contribution is -0.137. The molecular weight excluding hydrogens is 500 g/mol. The Hall–Kier alpha value is -3.84. The second-order valence-corrected chi connectivity index (χ2v) is 11.7. The number of nitrogens with zero attached hydrogens (tertiary/aromatic N) is 3. The third-order valence-electron chi connectivity index (χ3n) is 8.65. The highest BCUT2D eigenvalue weighted by atomic mass is 16.4. The average molecular weight is 541 g/mol. The van der Waals surface area contributed by atoms with Crippen molar-refractivity contribution in [2.24, 2.45) is 0 Å². The number of hydrogen-bond acceptors (Lipinski definition) is 4. The van der Waals surface area contributed by atoms with Crippen molar-refractivity contribution >= 4 is 29.1 Å². The van der Waals surface area contributed by atoms with Crippen LogP contribution < -0.4 is 15.1 Å². The summed E-state index contributed by atoms with van der Waals surface area (Å²) in [5.74, 6) is -0.934. The summed E-state index contributed by atoms with van der Waals surface area (Å²) in [5, 5.41) is 12.5. The maximum atomic E-state index is 13.5. The second kappa shape index (κ2) is 11.3. The van der Waals surface area contributed by atoms with Gasteiger partial charge in [0.2, 0.25) is 0 Å². The van der Waals surface area contributed by atoms with E-state index in [0.29, 0.717) is 12.5 Å². The van der Waals surface area contributed by atoms with Gasteiger partial charge in [-0.3, -0.25) is 14.6 Å². The van der Waals surface area contributed by atoms with E-state index < -0.39 is 5.97 Å². The molecular formula is C33H40N4O3. The van der Waals surface area contributed by atoms with Crippen molar-refractivity contribution in [2.45, 2.75) is 64.1 Å². The lowest BCUT2D eigenvalue weighted by atomic mass is 9.91. The molecule has 3 aromatic rings. The summed E-state index contributed by atoms with van der Waals surface area (Å²) in [6.07, 6.45) is 1.84. The molecule has 2 aliphatic rings. The number of carbonyl (C=O) groups is 2. The van der Waals surface area contributed by atoms with Gasteiger partial charge in [-0.1, -0.05) is 61.0 Å². The fourth-order valence-corrected chi connectivity index (χ4v) is 6.42. The van der Waals surface area contributed by atoms with E-state index in [2.05, 4.69) is 64.5 Å². The molecule has 3 aromatic carbocycles. The highest BCUT2D eigenvalue weighted by Gasteiger charge is 2.52. The van der Waals surface area contributed by atoms with E-state index >= 15 is 0 Å². The van der Waals surface area contributed by atoms with Gasteiger partial charge in [-0.15, -0.1) is 0 Å². The van der Waals surface area contributed by atoms with E-state index in [1.54, 1.807) is 11.9 Å². The third kappa shape index (κ3) is 5.70. The quantitative estimate of drug-likeness (QED) is 0.325. The first-order valence-corrected chi connectivity index (χ1v) is 14.2. The fourth-order valence-electron chi connectivity index (χ4n) is 6.42. The first-order chi connectivity index (χ1) is 19.2. The van der Waals surface area contributed by atoms with E-state index in [-0.39, 0.29) is 23.9 Å². The zero-order valence-corrected chi connectivity index (χ0v) is 23.9. The summed E-state index contributed by atoms with van der Waals surface area (Å²) in [6.45, 7) is 9.12. The number of piperazine rings is 1. The van der Waals surface area contributed by atoms with Crippen molar-refractivity contribution in [1.82, 2.24) is 4.90 Å². The summed E-state index contributed by atoms with van der Waals surface area (Å²) in [5.41, 5.74) is 5.89. The molecule has 2 bridgehead atoms. The largest absolute Gasteiger partial charge is 0.481 e. The Kier molecular flexibility index (Phi) is 7.86. The lowest BCUT2D eigenvalue weighted by Crippen LogP contribution is -2.52. The fraction of sp³-hybridized carbons (Fsp3) is 0.394. The number of urea groups is 1. The van der Waals surface area contributed by atoms with Crippen molar-refractivity contribution in [2.75, 3.05) is 35.3 Å². The predicted octanol–water partition coefficient (Wildman–Crippen LogP) is 6.48. The summed E-state index contributed by atoms with van der Waals surface area (Å²) in [4.78, 5) is 31.8. The number of hydrogen-bond donors (Lipinski definition) is 2. The molecule has 0 spiro atoms. The van der Waals surface area contributed by atoms with E-state index in [9.17, 15) is 14.7 Å². The normalized spacial score (nSPS) is 20.9. The Balaban J connectivity index is 1.44. The Morgan fingerprint density at radius 2 is 1.82 bits per heavy atom. The molecule has 5 rings (SSSR count). The van der Waals surface area contributed by atoms with Crippen molar-refractivity contribution in [3.8, 4) is 0 Å². The van der Waals surface area contributed by atoms with Gasteiger partial charge in [0.25, 0.3) is 0 Å². The van der Waals surface area contributed by atoms with Crippen LogP contribution in [0.1, 0.15) is 55.7 Å². The maximum Gasteiger partial charge on any atom is 0.326 e. The predicted molar refractivity (Wildman–Crippen MR) is 161 cm³/mol. The van der Waals surface area contributed by atoms with Gasteiger partial charge in [-0.25, -0.2) is 4.79 Å². The van der Waals surface area contributed by atoms with Gasteiger partial charge in [0, 0.05) is 38.4 Å². The molecule has 7 nitrogen and oxygen atoms in total. The van der Waals surface area contributed by atoms with Gasteiger partial charge < -0.3 is 15.3 Å². The van der Waals surface area contributed by atoms with E-state index in [0.717, 1.165) is 54.2 Å². The molecule has 7 heteroatoms. The summed E-state index contributed by atoms with van der Waals surface area (Å²) in [7, 11) is 1.79. The van der Waals surface area contributed by atoms with Gasteiger partial charge in [-0.05, 0) is 68.0 Å². The number of aryl methyl sites for hydroxylation is 1. The monoisotopic (exact) mass is 540 g/mol. The number of anilines is 3.